The predicted molar refractivity (Wildman–Crippen MR) is 180 cm³/mol. The average Bonchev–Trinajstić information content (AvgIpc) is 3.00. The average molecular weight is 665 g/mol. The van der Waals surface area contributed by atoms with Crippen molar-refractivity contribution in [3.8, 4) is 0 Å². The van der Waals surface area contributed by atoms with Crippen molar-refractivity contribution < 1.29 is 48.6 Å². The molecule has 1 saturated heterocycles. The van der Waals surface area contributed by atoms with Crippen LogP contribution < -0.4 is 0 Å². The maximum atomic E-state index is 13.6. The van der Waals surface area contributed by atoms with Gasteiger partial charge in [-0.2, -0.15) is 0 Å². The number of aliphatic hydroxyl groups is 3. The Morgan fingerprint density at radius 3 is 2.28 bits per heavy atom. The monoisotopic (exact) mass is 664 g/mol. The first-order chi connectivity index (χ1) is 21.9. The second-order valence-electron chi connectivity index (χ2n) is 14.1. The zero-order chi connectivity index (χ0) is 35.8. The van der Waals surface area contributed by atoms with E-state index in [-0.39, 0.29) is 35.9 Å². The molecule has 268 valence electrons. The highest BCUT2D eigenvalue weighted by atomic mass is 16.6. The van der Waals surface area contributed by atoms with Gasteiger partial charge in [-0.1, -0.05) is 83.9 Å². The lowest BCUT2D eigenvalue weighted by molar-refractivity contribution is -0.329. The Bertz CT molecular complexity index is 1170. The summed E-state index contributed by atoms with van der Waals surface area (Å²) in [4.78, 5) is 25.5. The molecule has 2 aliphatic rings. The van der Waals surface area contributed by atoms with Crippen molar-refractivity contribution in [2.75, 3.05) is 14.2 Å². The molecule has 0 aromatic rings. The zero-order valence-corrected chi connectivity index (χ0v) is 30.4. The quantitative estimate of drug-likeness (QED) is 0.294. The zero-order valence-electron chi connectivity index (χ0n) is 30.4. The third-order valence-corrected chi connectivity index (χ3v) is 9.79. The van der Waals surface area contributed by atoms with E-state index in [4.69, 9.17) is 23.7 Å². The minimum Gasteiger partial charge on any atom is -0.490 e. The van der Waals surface area contributed by atoms with E-state index in [0.717, 1.165) is 5.57 Å². The van der Waals surface area contributed by atoms with Gasteiger partial charge in [-0.3, -0.25) is 4.79 Å². The van der Waals surface area contributed by atoms with Crippen LogP contribution in [0.3, 0.4) is 0 Å². The maximum Gasteiger partial charge on any atom is 0.373 e. The molecule has 12 atom stereocenters. The highest BCUT2D eigenvalue weighted by Crippen LogP contribution is 2.42. The molecule has 2 heterocycles. The highest BCUT2D eigenvalue weighted by molar-refractivity contribution is 5.87. The van der Waals surface area contributed by atoms with Gasteiger partial charge in [-0.05, 0) is 38.2 Å². The third kappa shape index (κ3) is 10.7. The third-order valence-electron chi connectivity index (χ3n) is 9.79. The molecule has 0 unspecified atom stereocenters. The Hall–Kier alpha value is -2.50. The first-order valence-electron chi connectivity index (χ1n) is 16.8. The van der Waals surface area contributed by atoms with Crippen LogP contribution in [0.2, 0.25) is 0 Å². The van der Waals surface area contributed by atoms with E-state index in [1.54, 1.807) is 26.0 Å². The molecule has 10 nitrogen and oxygen atoms in total. The minimum absolute atomic E-state index is 0.00351. The van der Waals surface area contributed by atoms with Crippen molar-refractivity contribution in [3.05, 3.63) is 47.3 Å². The SMILES string of the molecule is CO/C1=C\C(C)=C\[C@@H](C)[C@H](O)[C@H](C)C/C(C)=C/C=C/[C@@H](OC)[C@H]([C@H](C)[C@H](O)[C@H](C)[C@@]2(O)C[C@@H](OC(C)=O)[C@H](C)[C@@H](C(C)C)O2)OC1=O. The fourth-order valence-corrected chi connectivity index (χ4v) is 6.88. The molecule has 0 saturated carbocycles. The number of allylic oxidation sites excluding steroid dienone is 5. The molecule has 0 aromatic heterocycles. The van der Waals surface area contributed by atoms with Crippen molar-refractivity contribution in [1.29, 1.82) is 0 Å². The topological polar surface area (TPSA) is 141 Å². The summed E-state index contributed by atoms with van der Waals surface area (Å²) in [5, 5.41) is 34.7. The van der Waals surface area contributed by atoms with Gasteiger partial charge in [0, 0.05) is 44.1 Å². The van der Waals surface area contributed by atoms with Gasteiger partial charge in [0.2, 0.25) is 5.76 Å². The van der Waals surface area contributed by atoms with E-state index in [1.165, 1.54) is 21.1 Å². The van der Waals surface area contributed by atoms with Crippen molar-refractivity contribution in [2.24, 2.45) is 35.5 Å². The maximum absolute atomic E-state index is 13.6. The molecule has 2 aliphatic heterocycles. The van der Waals surface area contributed by atoms with Crippen LogP contribution >= 0.6 is 0 Å². The first kappa shape index (κ1) is 40.7. The minimum atomic E-state index is -1.84. The Morgan fingerprint density at radius 1 is 1.09 bits per heavy atom. The van der Waals surface area contributed by atoms with Crippen molar-refractivity contribution in [3.63, 3.8) is 0 Å². The summed E-state index contributed by atoms with van der Waals surface area (Å²) >= 11 is 0. The van der Waals surface area contributed by atoms with E-state index in [0.29, 0.717) is 12.0 Å². The van der Waals surface area contributed by atoms with Gasteiger partial charge in [-0.25, -0.2) is 4.79 Å². The number of hydrogen-bond acceptors (Lipinski definition) is 10. The number of esters is 2. The van der Waals surface area contributed by atoms with Crippen LogP contribution in [-0.2, 0) is 33.3 Å². The van der Waals surface area contributed by atoms with E-state index in [9.17, 15) is 24.9 Å². The molecule has 0 aliphatic carbocycles. The van der Waals surface area contributed by atoms with Crippen LogP contribution in [-0.4, -0.2) is 83.9 Å². The van der Waals surface area contributed by atoms with Gasteiger partial charge < -0.3 is 39.0 Å². The summed E-state index contributed by atoms with van der Waals surface area (Å²) in [5.74, 6) is -5.15. The number of aliphatic hydroxyl groups excluding tert-OH is 2. The fraction of sp³-hybridized carbons (Fsp3) is 0.730. The smallest absolute Gasteiger partial charge is 0.373 e. The first-order valence-corrected chi connectivity index (χ1v) is 16.8. The van der Waals surface area contributed by atoms with Gasteiger partial charge in [-0.15, -0.1) is 0 Å². The Balaban J connectivity index is 2.55. The van der Waals surface area contributed by atoms with Gasteiger partial charge in [0.25, 0.3) is 0 Å². The Kier molecular flexibility index (Phi) is 15.4. The summed E-state index contributed by atoms with van der Waals surface area (Å²) in [6.07, 6.45) is 4.90. The number of carbonyl (C=O) groups excluding carboxylic acids is 2. The summed E-state index contributed by atoms with van der Waals surface area (Å²) in [6.45, 7) is 18.3. The molecular formula is C37H60O10. The van der Waals surface area contributed by atoms with Crippen molar-refractivity contribution in [1.82, 2.24) is 0 Å². The highest BCUT2D eigenvalue weighted by Gasteiger charge is 2.53. The second kappa shape index (κ2) is 17.8. The number of rotatable bonds is 8. The molecular weight excluding hydrogens is 604 g/mol. The lowest BCUT2D eigenvalue weighted by Gasteiger charge is -2.50. The molecule has 1 fully saturated rings. The molecule has 0 radical (unpaired) electrons. The van der Waals surface area contributed by atoms with E-state index in [2.05, 4.69) is 0 Å². The fourth-order valence-electron chi connectivity index (χ4n) is 6.88. The summed E-state index contributed by atoms with van der Waals surface area (Å²) in [5.41, 5.74) is 1.76. The van der Waals surface area contributed by atoms with E-state index >= 15 is 0 Å². The van der Waals surface area contributed by atoms with Crippen LogP contribution in [0.1, 0.15) is 82.1 Å². The molecule has 0 aromatic carbocycles. The summed E-state index contributed by atoms with van der Waals surface area (Å²) < 4.78 is 29.2. The van der Waals surface area contributed by atoms with E-state index in [1.807, 2.05) is 66.7 Å². The number of carbonyl (C=O) groups is 2. The lowest BCUT2D eigenvalue weighted by Crippen LogP contribution is -2.59. The van der Waals surface area contributed by atoms with Crippen LogP contribution in [0.4, 0.5) is 0 Å². The summed E-state index contributed by atoms with van der Waals surface area (Å²) in [7, 11) is 2.86. The Morgan fingerprint density at radius 2 is 1.72 bits per heavy atom. The van der Waals surface area contributed by atoms with Gasteiger partial charge >= 0.3 is 11.9 Å². The molecule has 0 spiro atoms. The Labute approximate surface area is 281 Å². The largest absolute Gasteiger partial charge is 0.490 e. The van der Waals surface area contributed by atoms with Gasteiger partial charge in [0.05, 0.1) is 25.4 Å². The van der Waals surface area contributed by atoms with Crippen LogP contribution in [0.5, 0.6) is 0 Å². The normalized spacial score (nSPS) is 39.1. The molecule has 0 amide bonds. The van der Waals surface area contributed by atoms with Crippen LogP contribution in [0.25, 0.3) is 0 Å². The van der Waals surface area contributed by atoms with Crippen molar-refractivity contribution in [2.45, 2.75) is 124 Å². The number of cyclic esters (lactones) is 1. The van der Waals surface area contributed by atoms with Crippen LogP contribution in [0, 0.1) is 35.5 Å². The second-order valence-corrected chi connectivity index (χ2v) is 14.1. The number of methoxy groups -OCH3 is 2. The molecule has 47 heavy (non-hydrogen) atoms. The number of ether oxygens (including phenoxy) is 5. The van der Waals surface area contributed by atoms with Gasteiger partial charge in [0.15, 0.2) is 5.79 Å². The standard InChI is InChI=1S/C37H60O10/c1-20(2)34-25(7)31(45-28(10)38)19-37(42,47-34)27(9)33(40)26(8)35-29(43-11)15-13-14-21(3)16-23(5)32(39)24(6)17-22(4)18-30(44-12)36(41)46-35/h13-15,17-18,20,23-27,29,31-35,39-40,42H,16,19H2,1-12H3/b15-13+,21-14+,22-17+,30-18-/t23-,24-,25+,26-,27+,29-,31-,32-,33+,34-,35+,37-/m1/s1. The van der Waals surface area contributed by atoms with Crippen LogP contribution in [0.15, 0.2) is 47.3 Å². The number of hydrogen-bond donors (Lipinski definition) is 3. The van der Waals surface area contributed by atoms with Gasteiger partial charge in [0.1, 0.15) is 18.3 Å². The molecule has 10 heteroatoms. The molecule has 0 bridgehead atoms. The molecule has 2 rings (SSSR count). The van der Waals surface area contributed by atoms with E-state index < -0.39 is 66.2 Å². The lowest BCUT2D eigenvalue weighted by atomic mass is 9.76. The van der Waals surface area contributed by atoms with Crippen molar-refractivity contribution >= 4 is 11.9 Å². The summed E-state index contributed by atoms with van der Waals surface area (Å²) in [6, 6.07) is 0. The molecule has 3 N–H and O–H groups in total. The predicted octanol–water partition coefficient (Wildman–Crippen LogP) is 5.26.